The fraction of sp³-hybridized carbons (Fsp3) is 0.455. The lowest BCUT2D eigenvalue weighted by Gasteiger charge is -2.18. The van der Waals surface area contributed by atoms with Crippen LogP contribution in [0.2, 0.25) is 0 Å². The van der Waals surface area contributed by atoms with Crippen molar-refractivity contribution < 1.29 is 9.59 Å². The van der Waals surface area contributed by atoms with Gasteiger partial charge in [-0.2, -0.15) is 0 Å². The average Bonchev–Trinajstić information content (AvgIpc) is 3.29. The van der Waals surface area contributed by atoms with Crippen LogP contribution in [0.4, 0.5) is 5.00 Å². The maximum atomic E-state index is 12.8. The standard InChI is InChI=1S/C22H24N4O2S3/c1-11-6-7-13-15(8-11)31-21-18(13)20(24-10-25-21)29-9-16(27)26-22-17(19(23)28)12-4-2-3-5-14(12)30-22/h10-11H,2-9H2,1H3,(H2,23,28)(H,26,27)/t11-/m1/s1. The maximum Gasteiger partial charge on any atom is 0.251 e. The van der Waals surface area contributed by atoms with Crippen LogP contribution in [0.1, 0.15) is 57.4 Å². The fourth-order valence-electron chi connectivity index (χ4n) is 4.57. The first-order chi connectivity index (χ1) is 15.0. The highest BCUT2D eigenvalue weighted by molar-refractivity contribution is 8.00. The maximum absolute atomic E-state index is 12.8. The second kappa shape index (κ2) is 8.52. The predicted molar refractivity (Wildman–Crippen MR) is 127 cm³/mol. The van der Waals surface area contributed by atoms with Crippen LogP contribution < -0.4 is 11.1 Å². The summed E-state index contributed by atoms with van der Waals surface area (Å²) in [5.74, 6) is 0.328. The average molecular weight is 473 g/mol. The number of anilines is 1. The van der Waals surface area contributed by atoms with Gasteiger partial charge in [-0.05, 0) is 62.0 Å². The zero-order valence-electron chi connectivity index (χ0n) is 17.3. The van der Waals surface area contributed by atoms with E-state index in [1.807, 2.05) is 0 Å². The van der Waals surface area contributed by atoms with Gasteiger partial charge in [-0.15, -0.1) is 22.7 Å². The molecule has 2 amide bonds. The SMILES string of the molecule is C[C@@H]1CCc2c(sc3ncnc(SCC(=O)Nc4sc5c(c4C(N)=O)CCCC5)c23)C1. The molecule has 1 atom stereocenters. The van der Waals surface area contributed by atoms with Gasteiger partial charge < -0.3 is 11.1 Å². The van der Waals surface area contributed by atoms with Gasteiger partial charge in [-0.3, -0.25) is 9.59 Å². The number of aryl methyl sites for hydroxylation is 2. The first-order valence-electron chi connectivity index (χ1n) is 10.6. The molecular weight excluding hydrogens is 448 g/mol. The summed E-state index contributed by atoms with van der Waals surface area (Å²) in [5.41, 5.74) is 8.54. The summed E-state index contributed by atoms with van der Waals surface area (Å²) in [7, 11) is 0. The van der Waals surface area contributed by atoms with E-state index >= 15 is 0 Å². The third-order valence-electron chi connectivity index (χ3n) is 6.07. The van der Waals surface area contributed by atoms with Gasteiger partial charge in [0.2, 0.25) is 5.91 Å². The Bertz CT molecular complexity index is 1180. The van der Waals surface area contributed by atoms with Gasteiger partial charge in [-0.1, -0.05) is 18.7 Å². The summed E-state index contributed by atoms with van der Waals surface area (Å²) in [6.45, 7) is 2.29. The molecule has 31 heavy (non-hydrogen) atoms. The van der Waals surface area contributed by atoms with Crippen molar-refractivity contribution in [2.75, 3.05) is 11.1 Å². The van der Waals surface area contributed by atoms with E-state index in [4.69, 9.17) is 5.73 Å². The number of carbonyl (C=O) groups is 2. The molecule has 0 aliphatic heterocycles. The zero-order valence-corrected chi connectivity index (χ0v) is 19.8. The number of hydrogen-bond acceptors (Lipinski definition) is 7. The summed E-state index contributed by atoms with van der Waals surface area (Å²) >= 11 is 4.69. The molecule has 3 aromatic rings. The number of primary amides is 1. The highest BCUT2D eigenvalue weighted by atomic mass is 32.2. The summed E-state index contributed by atoms with van der Waals surface area (Å²) in [5, 5.41) is 5.53. The van der Waals surface area contributed by atoms with Gasteiger partial charge in [0.05, 0.1) is 11.3 Å². The lowest BCUT2D eigenvalue weighted by molar-refractivity contribution is -0.113. The van der Waals surface area contributed by atoms with E-state index in [9.17, 15) is 9.59 Å². The number of nitrogens with two attached hydrogens (primary N) is 1. The molecule has 2 aliphatic carbocycles. The van der Waals surface area contributed by atoms with Crippen LogP contribution in [0.25, 0.3) is 10.2 Å². The van der Waals surface area contributed by atoms with Crippen LogP contribution in [-0.4, -0.2) is 27.5 Å². The Morgan fingerprint density at radius 1 is 1.16 bits per heavy atom. The van der Waals surface area contributed by atoms with Crippen LogP contribution in [0.5, 0.6) is 0 Å². The molecule has 0 radical (unpaired) electrons. The first-order valence-corrected chi connectivity index (χ1v) is 13.3. The lowest BCUT2D eigenvalue weighted by Crippen LogP contribution is -2.19. The monoisotopic (exact) mass is 472 g/mol. The van der Waals surface area contributed by atoms with E-state index in [1.165, 1.54) is 44.8 Å². The Morgan fingerprint density at radius 2 is 2.00 bits per heavy atom. The number of carbonyl (C=O) groups excluding carboxylic acids is 2. The second-order valence-corrected chi connectivity index (χ2v) is 11.5. The number of amides is 2. The molecule has 3 N–H and O–H groups in total. The minimum atomic E-state index is -0.459. The number of thioether (sulfide) groups is 1. The van der Waals surface area contributed by atoms with Crippen LogP contribution in [0.3, 0.4) is 0 Å². The Balaban J connectivity index is 1.35. The summed E-state index contributed by atoms with van der Waals surface area (Å²) in [6.07, 6.45) is 8.89. The highest BCUT2D eigenvalue weighted by Gasteiger charge is 2.26. The minimum absolute atomic E-state index is 0.143. The van der Waals surface area contributed by atoms with Crippen molar-refractivity contribution in [3.05, 3.63) is 32.8 Å². The number of thiophene rings is 2. The molecule has 0 unspecified atom stereocenters. The van der Waals surface area contributed by atoms with Gasteiger partial charge in [0.15, 0.2) is 0 Å². The largest absolute Gasteiger partial charge is 0.365 e. The van der Waals surface area contributed by atoms with Gasteiger partial charge in [-0.25, -0.2) is 9.97 Å². The van der Waals surface area contributed by atoms with Crippen LogP contribution in [0.15, 0.2) is 11.4 Å². The number of nitrogens with zero attached hydrogens (tertiary/aromatic N) is 2. The van der Waals surface area contributed by atoms with Crippen molar-refractivity contribution in [3.63, 3.8) is 0 Å². The van der Waals surface area contributed by atoms with Gasteiger partial charge in [0, 0.05) is 15.1 Å². The topological polar surface area (TPSA) is 98.0 Å². The Morgan fingerprint density at radius 3 is 2.84 bits per heavy atom. The van der Waals surface area contributed by atoms with Gasteiger partial charge in [0.25, 0.3) is 5.91 Å². The molecule has 2 aliphatic rings. The molecule has 0 fully saturated rings. The lowest BCUT2D eigenvalue weighted by atomic mass is 9.89. The molecule has 0 bridgehead atoms. The van der Waals surface area contributed by atoms with Crippen molar-refractivity contribution in [2.24, 2.45) is 11.7 Å². The number of rotatable bonds is 5. The van der Waals surface area contributed by atoms with Crippen molar-refractivity contribution in [3.8, 4) is 0 Å². The molecule has 3 heterocycles. The van der Waals surface area contributed by atoms with E-state index in [1.54, 1.807) is 17.7 Å². The number of hydrogen-bond donors (Lipinski definition) is 2. The smallest absolute Gasteiger partial charge is 0.251 e. The molecule has 0 spiro atoms. The molecule has 162 valence electrons. The molecule has 6 nitrogen and oxygen atoms in total. The molecule has 5 rings (SSSR count). The van der Waals surface area contributed by atoms with E-state index in [0.29, 0.717) is 16.5 Å². The van der Waals surface area contributed by atoms with E-state index in [2.05, 4.69) is 22.2 Å². The molecule has 0 saturated heterocycles. The molecule has 0 aromatic carbocycles. The van der Waals surface area contributed by atoms with Crippen LogP contribution in [-0.2, 0) is 30.5 Å². The first kappa shape index (κ1) is 20.9. The third-order valence-corrected chi connectivity index (χ3v) is 9.43. The molecule has 9 heteroatoms. The van der Waals surface area contributed by atoms with Gasteiger partial charge >= 0.3 is 0 Å². The van der Waals surface area contributed by atoms with E-state index in [0.717, 1.165) is 59.3 Å². The molecule has 0 saturated carbocycles. The molecular formula is C22H24N4O2S3. The number of fused-ring (bicyclic) bond motifs is 4. The zero-order chi connectivity index (χ0) is 21.5. The van der Waals surface area contributed by atoms with E-state index in [-0.39, 0.29) is 11.7 Å². The van der Waals surface area contributed by atoms with Crippen molar-refractivity contribution in [2.45, 2.75) is 56.9 Å². The van der Waals surface area contributed by atoms with Gasteiger partial charge in [0.1, 0.15) is 21.2 Å². The number of nitrogens with one attached hydrogen (secondary N) is 1. The Labute approximate surface area is 193 Å². The van der Waals surface area contributed by atoms with Crippen molar-refractivity contribution in [1.82, 2.24) is 9.97 Å². The quantitative estimate of drug-likeness (QED) is 0.418. The highest BCUT2D eigenvalue weighted by Crippen LogP contribution is 2.41. The van der Waals surface area contributed by atoms with Crippen molar-refractivity contribution >= 4 is 61.5 Å². The summed E-state index contributed by atoms with van der Waals surface area (Å²) in [6, 6.07) is 0. The fourth-order valence-corrected chi connectivity index (χ4v) is 8.12. The van der Waals surface area contributed by atoms with Crippen LogP contribution >= 0.6 is 34.4 Å². The summed E-state index contributed by atoms with van der Waals surface area (Å²) < 4.78 is 0. The van der Waals surface area contributed by atoms with E-state index < -0.39 is 5.91 Å². The minimum Gasteiger partial charge on any atom is -0.365 e. The Kier molecular flexibility index (Phi) is 5.75. The Hall–Kier alpha value is -1.97. The normalized spacial score (nSPS) is 17.9. The predicted octanol–water partition coefficient (Wildman–Crippen LogP) is 4.59. The van der Waals surface area contributed by atoms with Crippen molar-refractivity contribution in [1.29, 1.82) is 0 Å². The molecule has 3 aromatic heterocycles. The second-order valence-electron chi connectivity index (χ2n) is 8.33. The number of aromatic nitrogens is 2. The third kappa shape index (κ3) is 3.99. The summed E-state index contributed by atoms with van der Waals surface area (Å²) in [4.78, 5) is 37.4. The van der Waals surface area contributed by atoms with Crippen LogP contribution in [0, 0.1) is 5.92 Å².